The summed E-state index contributed by atoms with van der Waals surface area (Å²) >= 11 is 0. The van der Waals surface area contributed by atoms with E-state index in [-0.39, 0.29) is 16.7 Å². The maximum atomic E-state index is 12.3. The van der Waals surface area contributed by atoms with Gasteiger partial charge in [0.2, 0.25) is 0 Å². The van der Waals surface area contributed by atoms with Crippen molar-refractivity contribution in [2.24, 2.45) is 0 Å². The summed E-state index contributed by atoms with van der Waals surface area (Å²) in [4.78, 5) is 10.0. The van der Waals surface area contributed by atoms with E-state index in [0.29, 0.717) is 11.4 Å². The molecule has 132 valence electrons. The minimum Gasteiger partial charge on any atom is -0.490 e. The van der Waals surface area contributed by atoms with Crippen molar-refractivity contribution in [1.82, 2.24) is 0 Å². The molecule has 0 unspecified atom stereocenters. The molecule has 1 aliphatic rings. The Hall–Kier alpha value is -2.61. The number of nitrogens with one attached hydrogen (secondary N) is 1. The molecule has 0 bridgehead atoms. The van der Waals surface area contributed by atoms with Crippen molar-refractivity contribution >= 4 is 21.4 Å². The molecule has 1 fully saturated rings. The average Bonchev–Trinajstić information content (AvgIpc) is 3.09. The molecule has 8 heteroatoms. The van der Waals surface area contributed by atoms with Crippen LogP contribution in [-0.4, -0.2) is 19.4 Å². The van der Waals surface area contributed by atoms with Gasteiger partial charge in [-0.25, -0.2) is 8.42 Å². The van der Waals surface area contributed by atoms with Gasteiger partial charge in [-0.15, -0.1) is 0 Å². The third kappa shape index (κ3) is 4.27. The first kappa shape index (κ1) is 17.2. The lowest BCUT2D eigenvalue weighted by molar-refractivity contribution is -0.384. The van der Waals surface area contributed by atoms with Crippen LogP contribution in [0.3, 0.4) is 0 Å². The zero-order valence-corrected chi connectivity index (χ0v) is 14.2. The fourth-order valence-corrected chi connectivity index (χ4v) is 3.82. The number of non-ortho nitro benzene ring substituents is 1. The number of hydrogen-bond acceptors (Lipinski definition) is 5. The van der Waals surface area contributed by atoms with Gasteiger partial charge in [0.25, 0.3) is 15.7 Å². The monoisotopic (exact) mass is 362 g/mol. The largest absolute Gasteiger partial charge is 0.490 e. The van der Waals surface area contributed by atoms with E-state index in [0.717, 1.165) is 25.0 Å². The molecule has 0 atom stereocenters. The standard InChI is InChI=1S/C17H18N2O5S/c20-19(21)14-7-11-17(12-8-14)25(22,23)18-13-5-9-16(10-6-13)24-15-3-1-2-4-15/h5-12,15,18H,1-4H2. The minimum atomic E-state index is -3.80. The summed E-state index contributed by atoms with van der Waals surface area (Å²) in [6.45, 7) is 0. The number of anilines is 1. The highest BCUT2D eigenvalue weighted by molar-refractivity contribution is 7.92. The lowest BCUT2D eigenvalue weighted by Crippen LogP contribution is -2.13. The summed E-state index contributed by atoms with van der Waals surface area (Å²) in [5, 5.41) is 10.6. The van der Waals surface area contributed by atoms with Gasteiger partial charge in [0.1, 0.15) is 5.75 Å². The van der Waals surface area contributed by atoms with E-state index in [1.54, 1.807) is 24.3 Å². The van der Waals surface area contributed by atoms with Crippen LogP contribution in [0, 0.1) is 10.1 Å². The zero-order chi connectivity index (χ0) is 17.9. The summed E-state index contributed by atoms with van der Waals surface area (Å²) < 4.78 is 33.0. The van der Waals surface area contributed by atoms with Crippen LogP contribution in [0.5, 0.6) is 5.75 Å². The topological polar surface area (TPSA) is 98.5 Å². The van der Waals surface area contributed by atoms with E-state index in [1.165, 1.54) is 25.0 Å². The molecule has 2 aromatic rings. The summed E-state index contributed by atoms with van der Waals surface area (Å²) in [6, 6.07) is 11.5. The number of nitrogens with zero attached hydrogens (tertiary/aromatic N) is 1. The number of sulfonamides is 1. The van der Waals surface area contributed by atoms with Crippen LogP contribution in [-0.2, 0) is 10.0 Å². The van der Waals surface area contributed by atoms with Crippen molar-refractivity contribution in [1.29, 1.82) is 0 Å². The van der Waals surface area contributed by atoms with Gasteiger partial charge in [-0.2, -0.15) is 0 Å². The summed E-state index contributed by atoms with van der Waals surface area (Å²) in [5.41, 5.74) is 0.240. The summed E-state index contributed by atoms with van der Waals surface area (Å²) in [7, 11) is -3.80. The highest BCUT2D eigenvalue weighted by atomic mass is 32.2. The SMILES string of the molecule is O=[N+]([O-])c1ccc(S(=O)(=O)Nc2ccc(OC3CCCC3)cc2)cc1. The van der Waals surface area contributed by atoms with Gasteiger partial charge in [0.05, 0.1) is 15.9 Å². The Labute approximate surface area is 145 Å². The lowest BCUT2D eigenvalue weighted by Gasteiger charge is -2.13. The Morgan fingerprint density at radius 2 is 1.60 bits per heavy atom. The van der Waals surface area contributed by atoms with Crippen molar-refractivity contribution in [2.75, 3.05) is 4.72 Å². The third-order valence-electron chi connectivity index (χ3n) is 4.07. The molecule has 0 aliphatic heterocycles. The Kier molecular flexibility index (Phi) is 4.89. The van der Waals surface area contributed by atoms with Gasteiger partial charge >= 0.3 is 0 Å². The van der Waals surface area contributed by atoms with Crippen LogP contribution in [0.1, 0.15) is 25.7 Å². The van der Waals surface area contributed by atoms with Crippen molar-refractivity contribution < 1.29 is 18.1 Å². The molecule has 0 heterocycles. The van der Waals surface area contributed by atoms with Crippen LogP contribution in [0.15, 0.2) is 53.4 Å². The van der Waals surface area contributed by atoms with Crippen molar-refractivity contribution in [3.63, 3.8) is 0 Å². The van der Waals surface area contributed by atoms with Gasteiger partial charge in [-0.1, -0.05) is 0 Å². The van der Waals surface area contributed by atoms with E-state index in [2.05, 4.69) is 4.72 Å². The molecule has 0 aromatic heterocycles. The molecule has 2 aromatic carbocycles. The molecule has 25 heavy (non-hydrogen) atoms. The van der Waals surface area contributed by atoms with E-state index in [9.17, 15) is 18.5 Å². The molecule has 0 amide bonds. The second-order valence-corrected chi connectivity index (χ2v) is 7.59. The Morgan fingerprint density at radius 1 is 1.00 bits per heavy atom. The maximum Gasteiger partial charge on any atom is 0.269 e. The molecule has 0 radical (unpaired) electrons. The van der Waals surface area contributed by atoms with E-state index >= 15 is 0 Å². The number of rotatable bonds is 6. The van der Waals surface area contributed by atoms with E-state index in [4.69, 9.17) is 4.74 Å². The Balaban J connectivity index is 1.68. The minimum absolute atomic E-state index is 0.0376. The number of nitro benzene ring substituents is 1. The average molecular weight is 362 g/mol. The maximum absolute atomic E-state index is 12.3. The van der Waals surface area contributed by atoms with Gasteiger partial charge < -0.3 is 4.74 Å². The van der Waals surface area contributed by atoms with Gasteiger partial charge in [-0.3, -0.25) is 14.8 Å². The molecular weight excluding hydrogens is 344 g/mol. The number of benzene rings is 2. The zero-order valence-electron chi connectivity index (χ0n) is 13.4. The molecule has 3 rings (SSSR count). The van der Waals surface area contributed by atoms with Crippen LogP contribution in [0.4, 0.5) is 11.4 Å². The normalized spacial score (nSPS) is 15.0. The number of hydrogen-bond donors (Lipinski definition) is 1. The summed E-state index contributed by atoms with van der Waals surface area (Å²) in [6.07, 6.45) is 4.70. The first-order chi connectivity index (χ1) is 11.9. The van der Waals surface area contributed by atoms with E-state index < -0.39 is 14.9 Å². The molecular formula is C17H18N2O5S. The van der Waals surface area contributed by atoms with Crippen LogP contribution in [0.25, 0.3) is 0 Å². The van der Waals surface area contributed by atoms with Crippen LogP contribution >= 0.6 is 0 Å². The fourth-order valence-electron chi connectivity index (χ4n) is 2.76. The van der Waals surface area contributed by atoms with Gasteiger partial charge in [-0.05, 0) is 62.1 Å². The van der Waals surface area contributed by atoms with Crippen molar-refractivity contribution in [3.05, 3.63) is 58.6 Å². The molecule has 0 saturated heterocycles. The summed E-state index contributed by atoms with van der Waals surface area (Å²) in [5.74, 6) is 0.713. The molecule has 7 nitrogen and oxygen atoms in total. The number of nitro groups is 1. The molecule has 1 saturated carbocycles. The van der Waals surface area contributed by atoms with E-state index in [1.807, 2.05) is 0 Å². The van der Waals surface area contributed by atoms with Crippen molar-refractivity contribution in [3.8, 4) is 5.75 Å². The second kappa shape index (κ2) is 7.10. The first-order valence-electron chi connectivity index (χ1n) is 7.98. The highest BCUT2D eigenvalue weighted by Crippen LogP contribution is 2.26. The van der Waals surface area contributed by atoms with Gasteiger partial charge in [0, 0.05) is 17.8 Å². The quantitative estimate of drug-likeness (QED) is 0.624. The Bertz CT molecular complexity index is 842. The van der Waals surface area contributed by atoms with Crippen molar-refractivity contribution in [2.45, 2.75) is 36.7 Å². The van der Waals surface area contributed by atoms with Crippen LogP contribution in [0.2, 0.25) is 0 Å². The highest BCUT2D eigenvalue weighted by Gasteiger charge is 2.18. The third-order valence-corrected chi connectivity index (χ3v) is 5.47. The number of ether oxygens (including phenoxy) is 1. The first-order valence-corrected chi connectivity index (χ1v) is 9.46. The molecule has 1 N–H and O–H groups in total. The predicted molar refractivity (Wildman–Crippen MR) is 93.2 cm³/mol. The van der Waals surface area contributed by atoms with Crippen LogP contribution < -0.4 is 9.46 Å². The lowest BCUT2D eigenvalue weighted by atomic mass is 10.3. The fraction of sp³-hybridized carbons (Fsp3) is 0.294. The smallest absolute Gasteiger partial charge is 0.269 e. The predicted octanol–water partition coefficient (Wildman–Crippen LogP) is 3.72. The van der Waals surface area contributed by atoms with Gasteiger partial charge in [0.15, 0.2) is 0 Å². The Morgan fingerprint density at radius 3 is 2.16 bits per heavy atom. The molecule has 0 spiro atoms. The second-order valence-electron chi connectivity index (χ2n) is 5.91. The molecule has 1 aliphatic carbocycles.